The van der Waals surface area contributed by atoms with Gasteiger partial charge >= 0.3 is 5.97 Å². The lowest BCUT2D eigenvalue weighted by Crippen LogP contribution is -2.16. The van der Waals surface area contributed by atoms with E-state index >= 15 is 0 Å². The van der Waals surface area contributed by atoms with Gasteiger partial charge in [-0.1, -0.05) is 18.2 Å². The van der Waals surface area contributed by atoms with Crippen LogP contribution in [0.4, 0.5) is 5.69 Å². The third-order valence-electron chi connectivity index (χ3n) is 3.04. The molecule has 0 aromatic heterocycles. The molecule has 2 N–H and O–H groups in total. The van der Waals surface area contributed by atoms with Crippen LogP contribution in [0.5, 0.6) is 11.5 Å². The van der Waals surface area contributed by atoms with E-state index < -0.39 is 5.97 Å². The second kappa shape index (κ2) is 7.33. The van der Waals surface area contributed by atoms with Crippen LogP contribution in [0.1, 0.15) is 19.8 Å². The first-order valence-corrected chi connectivity index (χ1v) is 6.95. The summed E-state index contributed by atoms with van der Waals surface area (Å²) in [5.41, 5.74) is 0.952. The fourth-order valence-corrected chi connectivity index (χ4v) is 1.94. The van der Waals surface area contributed by atoms with Crippen LogP contribution in [0.25, 0.3) is 0 Å². The van der Waals surface area contributed by atoms with Crippen molar-refractivity contribution in [3.05, 3.63) is 54.6 Å². The number of nitrogens with one attached hydrogen (secondary N) is 1. The number of hydrogen-bond donors (Lipinski definition) is 2. The Morgan fingerprint density at radius 1 is 1.10 bits per heavy atom. The molecule has 2 rings (SSSR count). The van der Waals surface area contributed by atoms with Crippen LogP contribution in [0, 0.1) is 0 Å². The predicted molar refractivity (Wildman–Crippen MR) is 82.9 cm³/mol. The molecule has 0 radical (unpaired) electrons. The Morgan fingerprint density at radius 2 is 1.71 bits per heavy atom. The normalized spacial score (nSPS) is 11.7. The van der Waals surface area contributed by atoms with E-state index in [4.69, 9.17) is 9.84 Å². The molecule has 1 unspecified atom stereocenters. The number of carboxylic acid groups (broad SMARTS) is 1. The molecule has 0 spiro atoms. The van der Waals surface area contributed by atoms with Crippen LogP contribution >= 0.6 is 0 Å². The molecule has 110 valence electrons. The first kappa shape index (κ1) is 14.9. The zero-order valence-corrected chi connectivity index (χ0v) is 12.0. The Balaban J connectivity index is 1.88. The third-order valence-corrected chi connectivity index (χ3v) is 3.04. The first-order valence-electron chi connectivity index (χ1n) is 6.95. The molecule has 21 heavy (non-hydrogen) atoms. The molecule has 0 fully saturated rings. The SMILES string of the molecule is CC(CCC(=O)O)Nc1ccc(Oc2ccccc2)cc1. The molecule has 4 nitrogen and oxygen atoms in total. The Kier molecular flexibility index (Phi) is 5.21. The van der Waals surface area contributed by atoms with Crippen molar-refractivity contribution < 1.29 is 14.6 Å². The summed E-state index contributed by atoms with van der Waals surface area (Å²) in [7, 11) is 0. The lowest BCUT2D eigenvalue weighted by molar-refractivity contribution is -0.137. The molecule has 0 bridgehead atoms. The summed E-state index contributed by atoms with van der Waals surface area (Å²) in [4.78, 5) is 10.5. The van der Waals surface area contributed by atoms with Crippen LogP contribution in [0.3, 0.4) is 0 Å². The Bertz CT molecular complexity index is 566. The molecule has 0 saturated heterocycles. The molecule has 2 aromatic carbocycles. The van der Waals surface area contributed by atoms with Crippen molar-refractivity contribution >= 4 is 11.7 Å². The molecule has 0 aliphatic heterocycles. The highest BCUT2D eigenvalue weighted by Gasteiger charge is 2.05. The molecule has 0 aliphatic carbocycles. The van der Waals surface area contributed by atoms with Gasteiger partial charge in [0.15, 0.2) is 0 Å². The van der Waals surface area contributed by atoms with Crippen molar-refractivity contribution in [1.29, 1.82) is 0 Å². The number of aliphatic carboxylic acids is 1. The second-order valence-electron chi connectivity index (χ2n) is 4.92. The maximum Gasteiger partial charge on any atom is 0.303 e. The maximum atomic E-state index is 10.5. The fraction of sp³-hybridized carbons (Fsp3) is 0.235. The van der Waals surface area contributed by atoms with Gasteiger partial charge in [-0.05, 0) is 49.7 Å². The average molecular weight is 285 g/mol. The molecular weight excluding hydrogens is 266 g/mol. The van der Waals surface area contributed by atoms with Gasteiger partial charge in [-0.2, -0.15) is 0 Å². The summed E-state index contributed by atoms with van der Waals surface area (Å²) >= 11 is 0. The molecule has 1 atom stereocenters. The third kappa shape index (κ3) is 5.18. The number of ether oxygens (including phenoxy) is 1. The highest BCUT2D eigenvalue weighted by atomic mass is 16.5. The molecule has 4 heteroatoms. The van der Waals surface area contributed by atoms with E-state index in [2.05, 4.69) is 5.32 Å². The number of carbonyl (C=O) groups is 1. The highest BCUT2D eigenvalue weighted by Crippen LogP contribution is 2.23. The Hall–Kier alpha value is -2.49. The fourth-order valence-electron chi connectivity index (χ4n) is 1.94. The average Bonchev–Trinajstić information content (AvgIpc) is 2.48. The lowest BCUT2D eigenvalue weighted by Gasteiger charge is -2.14. The number of carboxylic acids is 1. The van der Waals surface area contributed by atoms with Crippen molar-refractivity contribution in [1.82, 2.24) is 0 Å². The van der Waals surface area contributed by atoms with Crippen molar-refractivity contribution in [2.24, 2.45) is 0 Å². The number of benzene rings is 2. The van der Waals surface area contributed by atoms with Gasteiger partial charge < -0.3 is 15.2 Å². The number of anilines is 1. The van der Waals surface area contributed by atoms with E-state index in [0.717, 1.165) is 17.2 Å². The minimum Gasteiger partial charge on any atom is -0.481 e. The zero-order valence-electron chi connectivity index (χ0n) is 12.0. The monoisotopic (exact) mass is 285 g/mol. The molecular formula is C17H19NO3. The standard InChI is InChI=1S/C17H19NO3/c1-13(7-12-17(19)20)18-14-8-10-16(11-9-14)21-15-5-3-2-4-6-15/h2-6,8-11,13,18H,7,12H2,1H3,(H,19,20). The Labute approximate surface area is 124 Å². The van der Waals surface area contributed by atoms with Gasteiger partial charge in [0, 0.05) is 18.2 Å². The van der Waals surface area contributed by atoms with Crippen molar-refractivity contribution in [3.63, 3.8) is 0 Å². The summed E-state index contributed by atoms with van der Waals surface area (Å²) in [6.07, 6.45) is 0.765. The minimum absolute atomic E-state index is 0.113. The summed E-state index contributed by atoms with van der Waals surface area (Å²) in [5.74, 6) is 0.799. The maximum absolute atomic E-state index is 10.5. The lowest BCUT2D eigenvalue weighted by atomic mass is 10.1. The predicted octanol–water partition coefficient (Wildman–Crippen LogP) is 4.14. The van der Waals surface area contributed by atoms with Gasteiger partial charge in [0.2, 0.25) is 0 Å². The number of hydrogen-bond acceptors (Lipinski definition) is 3. The summed E-state index contributed by atoms with van der Waals surface area (Å²) in [5, 5.41) is 11.9. The largest absolute Gasteiger partial charge is 0.481 e. The quantitative estimate of drug-likeness (QED) is 0.802. The van der Waals surface area contributed by atoms with Gasteiger partial charge in [0.05, 0.1) is 0 Å². The minimum atomic E-state index is -0.768. The zero-order chi connectivity index (χ0) is 15.1. The van der Waals surface area contributed by atoms with Gasteiger partial charge in [-0.25, -0.2) is 0 Å². The summed E-state index contributed by atoms with van der Waals surface area (Å²) in [6, 6.07) is 17.3. The van der Waals surface area contributed by atoms with Gasteiger partial charge in [-0.3, -0.25) is 4.79 Å². The van der Waals surface area contributed by atoms with Gasteiger partial charge in [0.25, 0.3) is 0 Å². The number of rotatable bonds is 7. The van der Waals surface area contributed by atoms with Crippen LogP contribution in [0.2, 0.25) is 0 Å². The van der Waals surface area contributed by atoms with E-state index in [-0.39, 0.29) is 12.5 Å². The van der Waals surface area contributed by atoms with Crippen LogP contribution in [-0.2, 0) is 4.79 Å². The van der Waals surface area contributed by atoms with Crippen LogP contribution in [0.15, 0.2) is 54.6 Å². The van der Waals surface area contributed by atoms with Crippen molar-refractivity contribution in [3.8, 4) is 11.5 Å². The number of para-hydroxylation sites is 1. The molecule has 2 aromatic rings. The van der Waals surface area contributed by atoms with Gasteiger partial charge in [0.1, 0.15) is 11.5 Å². The molecule has 0 heterocycles. The summed E-state index contributed by atoms with van der Waals surface area (Å²) < 4.78 is 5.71. The van der Waals surface area contributed by atoms with E-state index in [0.29, 0.717) is 6.42 Å². The topological polar surface area (TPSA) is 58.6 Å². The van der Waals surface area contributed by atoms with E-state index in [1.165, 1.54) is 0 Å². The highest BCUT2D eigenvalue weighted by molar-refractivity contribution is 5.66. The van der Waals surface area contributed by atoms with E-state index in [9.17, 15) is 4.79 Å². The molecule has 0 amide bonds. The van der Waals surface area contributed by atoms with Crippen LogP contribution < -0.4 is 10.1 Å². The van der Waals surface area contributed by atoms with Crippen LogP contribution in [-0.4, -0.2) is 17.1 Å². The smallest absolute Gasteiger partial charge is 0.303 e. The second-order valence-corrected chi connectivity index (χ2v) is 4.92. The van der Waals surface area contributed by atoms with Crippen molar-refractivity contribution in [2.75, 3.05) is 5.32 Å². The van der Waals surface area contributed by atoms with Crippen molar-refractivity contribution in [2.45, 2.75) is 25.8 Å². The summed E-state index contributed by atoms with van der Waals surface area (Å²) in [6.45, 7) is 1.97. The molecule has 0 aliphatic rings. The van der Waals surface area contributed by atoms with E-state index in [1.54, 1.807) is 0 Å². The molecule has 0 saturated carbocycles. The first-order chi connectivity index (χ1) is 10.1. The Morgan fingerprint density at radius 3 is 2.33 bits per heavy atom. The van der Waals surface area contributed by atoms with E-state index in [1.807, 2.05) is 61.5 Å². The van der Waals surface area contributed by atoms with Gasteiger partial charge in [-0.15, -0.1) is 0 Å².